The van der Waals surface area contributed by atoms with Crippen molar-refractivity contribution in [3.8, 4) is 0 Å². The van der Waals surface area contributed by atoms with Crippen molar-refractivity contribution < 1.29 is 4.79 Å². The Morgan fingerprint density at radius 3 is 3.00 bits per heavy atom. The van der Waals surface area contributed by atoms with Gasteiger partial charge in [0.05, 0.1) is 6.54 Å². The second-order valence-corrected chi connectivity index (χ2v) is 1.58. The molecule has 1 aromatic rings. The summed E-state index contributed by atoms with van der Waals surface area (Å²) in [6.07, 6.45) is 3.69. The van der Waals surface area contributed by atoms with Crippen molar-refractivity contribution in [3.05, 3.63) is 22.9 Å². The second kappa shape index (κ2) is 2.30. The number of hydrogen-bond acceptors (Lipinski definition) is 2. The molecule has 4 heteroatoms. The molecule has 0 saturated carbocycles. The Bertz CT molecular complexity index is 247. The summed E-state index contributed by atoms with van der Waals surface area (Å²) in [6, 6.07) is 0. The van der Waals surface area contributed by atoms with E-state index in [-0.39, 0.29) is 12.2 Å². The second-order valence-electron chi connectivity index (χ2n) is 1.58. The molecule has 0 bridgehead atoms. The Morgan fingerprint density at radius 2 is 2.56 bits per heavy atom. The fraction of sp³-hybridized carbons (Fsp3) is 0.200. The van der Waals surface area contributed by atoms with Gasteiger partial charge in [-0.25, -0.2) is 4.79 Å². The topological polar surface area (TPSA) is 54.9 Å². The molecule has 9 heavy (non-hydrogen) atoms. The van der Waals surface area contributed by atoms with E-state index >= 15 is 0 Å². The van der Waals surface area contributed by atoms with Gasteiger partial charge >= 0.3 is 5.69 Å². The van der Waals surface area contributed by atoms with E-state index in [1.54, 1.807) is 0 Å². The van der Waals surface area contributed by atoms with Gasteiger partial charge < -0.3 is 9.78 Å². The zero-order valence-corrected chi connectivity index (χ0v) is 4.70. The summed E-state index contributed by atoms with van der Waals surface area (Å²) < 4.78 is 1.28. The van der Waals surface area contributed by atoms with E-state index in [4.69, 9.17) is 0 Å². The molecule has 0 amide bonds. The van der Waals surface area contributed by atoms with Crippen LogP contribution in [0.2, 0.25) is 0 Å². The van der Waals surface area contributed by atoms with E-state index in [0.29, 0.717) is 6.29 Å². The first-order chi connectivity index (χ1) is 4.34. The van der Waals surface area contributed by atoms with Crippen molar-refractivity contribution in [2.24, 2.45) is 0 Å². The van der Waals surface area contributed by atoms with E-state index < -0.39 is 0 Å². The maximum absolute atomic E-state index is 10.6. The number of hydrogen-bond donors (Lipinski definition) is 1. The monoisotopic (exact) mass is 126 g/mol. The van der Waals surface area contributed by atoms with Crippen LogP contribution in [0.4, 0.5) is 0 Å². The third-order valence-electron chi connectivity index (χ3n) is 0.993. The number of carbonyl (C=O) groups excluding carboxylic acids is 1. The summed E-state index contributed by atoms with van der Waals surface area (Å²) in [5.74, 6) is 0. The van der Waals surface area contributed by atoms with Crippen LogP contribution >= 0.6 is 0 Å². The van der Waals surface area contributed by atoms with Crippen LogP contribution in [-0.4, -0.2) is 15.8 Å². The number of rotatable bonds is 2. The minimum absolute atomic E-state index is 0.127. The average Bonchev–Trinajstić information content (AvgIpc) is 2.18. The molecule has 0 aromatic carbocycles. The maximum atomic E-state index is 10.6. The van der Waals surface area contributed by atoms with E-state index in [2.05, 4.69) is 4.98 Å². The molecular weight excluding hydrogens is 120 g/mol. The fourth-order valence-corrected chi connectivity index (χ4v) is 0.573. The lowest BCUT2D eigenvalue weighted by Crippen LogP contribution is -2.16. The molecule has 0 aliphatic rings. The predicted octanol–water partition coefficient (Wildman–Crippen LogP) is -0.625. The van der Waals surface area contributed by atoms with Crippen LogP contribution < -0.4 is 5.69 Å². The number of aromatic amines is 1. The maximum Gasteiger partial charge on any atom is 0.325 e. The number of aromatic nitrogens is 2. The minimum Gasteiger partial charge on any atom is -0.313 e. The molecule has 0 aliphatic carbocycles. The molecule has 0 unspecified atom stereocenters. The number of nitrogens with one attached hydrogen (secondary N) is 1. The molecule has 0 fully saturated rings. The van der Waals surface area contributed by atoms with Gasteiger partial charge in [0, 0.05) is 12.4 Å². The highest BCUT2D eigenvalue weighted by Crippen LogP contribution is 1.72. The van der Waals surface area contributed by atoms with Crippen LogP contribution in [-0.2, 0) is 11.3 Å². The van der Waals surface area contributed by atoms with Crippen LogP contribution in [0.1, 0.15) is 0 Å². The van der Waals surface area contributed by atoms with Crippen molar-refractivity contribution in [2.75, 3.05) is 0 Å². The number of imidazole rings is 1. The summed E-state index contributed by atoms with van der Waals surface area (Å²) in [5, 5.41) is 0. The van der Waals surface area contributed by atoms with Gasteiger partial charge in [-0.15, -0.1) is 0 Å². The molecule has 0 aliphatic heterocycles. The number of H-pyrrole nitrogens is 1. The quantitative estimate of drug-likeness (QED) is 0.536. The molecule has 1 heterocycles. The molecule has 0 radical (unpaired) electrons. The lowest BCUT2D eigenvalue weighted by molar-refractivity contribution is -0.108. The summed E-state index contributed by atoms with van der Waals surface area (Å²) in [5.41, 5.74) is -0.248. The molecule has 1 aromatic heterocycles. The number of aldehydes is 1. The predicted molar refractivity (Wildman–Crippen MR) is 31.1 cm³/mol. The molecule has 4 nitrogen and oxygen atoms in total. The Balaban J connectivity index is 2.93. The van der Waals surface area contributed by atoms with Crippen molar-refractivity contribution >= 4 is 6.29 Å². The van der Waals surface area contributed by atoms with Crippen molar-refractivity contribution in [3.63, 3.8) is 0 Å². The van der Waals surface area contributed by atoms with Gasteiger partial charge in [-0.05, 0) is 0 Å². The highest BCUT2D eigenvalue weighted by molar-refractivity contribution is 5.48. The van der Waals surface area contributed by atoms with Gasteiger partial charge in [0.25, 0.3) is 0 Å². The van der Waals surface area contributed by atoms with Gasteiger partial charge in [0.15, 0.2) is 0 Å². The van der Waals surface area contributed by atoms with Gasteiger partial charge in [-0.2, -0.15) is 0 Å². The lowest BCUT2D eigenvalue weighted by Gasteiger charge is -1.86. The molecule has 48 valence electrons. The average molecular weight is 126 g/mol. The van der Waals surface area contributed by atoms with E-state index in [1.165, 1.54) is 17.0 Å². The Hall–Kier alpha value is -1.32. The van der Waals surface area contributed by atoms with Gasteiger partial charge in [-0.3, -0.25) is 4.57 Å². The first-order valence-corrected chi connectivity index (χ1v) is 2.52. The van der Waals surface area contributed by atoms with Crippen LogP contribution in [0.25, 0.3) is 0 Å². The van der Waals surface area contributed by atoms with Crippen LogP contribution in [0.3, 0.4) is 0 Å². The van der Waals surface area contributed by atoms with E-state index in [1.807, 2.05) is 0 Å². The molecule has 0 spiro atoms. The Morgan fingerprint density at radius 1 is 1.78 bits per heavy atom. The molecule has 1 rings (SSSR count). The zero-order valence-electron chi connectivity index (χ0n) is 4.70. The fourth-order valence-electron chi connectivity index (χ4n) is 0.573. The number of carbonyl (C=O) groups is 1. The summed E-state index contributed by atoms with van der Waals surface area (Å²) >= 11 is 0. The highest BCUT2D eigenvalue weighted by atomic mass is 16.1. The standard InChI is InChI=1S/C5H6N2O2/c8-4-3-7-2-1-6-5(7)9/h1-2,4H,3H2,(H,6,9). The third-order valence-corrected chi connectivity index (χ3v) is 0.993. The summed E-state index contributed by atoms with van der Waals surface area (Å²) in [6.45, 7) is 0.127. The van der Waals surface area contributed by atoms with Crippen molar-refractivity contribution in [2.45, 2.75) is 6.54 Å². The zero-order chi connectivity index (χ0) is 6.69. The van der Waals surface area contributed by atoms with Crippen LogP contribution in [0.5, 0.6) is 0 Å². The molecule has 0 atom stereocenters. The smallest absolute Gasteiger partial charge is 0.313 e. The summed E-state index contributed by atoms with van der Waals surface area (Å²) in [7, 11) is 0. The van der Waals surface area contributed by atoms with Crippen molar-refractivity contribution in [1.29, 1.82) is 0 Å². The Kier molecular flexibility index (Phi) is 1.48. The SMILES string of the molecule is O=CCn1cc[nH]c1=O. The minimum atomic E-state index is -0.248. The van der Waals surface area contributed by atoms with E-state index in [0.717, 1.165) is 0 Å². The largest absolute Gasteiger partial charge is 0.325 e. The van der Waals surface area contributed by atoms with Crippen LogP contribution in [0.15, 0.2) is 17.2 Å². The van der Waals surface area contributed by atoms with Crippen molar-refractivity contribution in [1.82, 2.24) is 9.55 Å². The molecule has 0 saturated heterocycles. The molecular formula is C5H6N2O2. The number of nitrogens with zero attached hydrogens (tertiary/aromatic N) is 1. The first-order valence-electron chi connectivity index (χ1n) is 2.52. The Labute approximate surface area is 51.1 Å². The van der Waals surface area contributed by atoms with Gasteiger partial charge in [-0.1, -0.05) is 0 Å². The molecule has 1 N–H and O–H groups in total. The van der Waals surface area contributed by atoms with Gasteiger partial charge in [0.2, 0.25) is 0 Å². The van der Waals surface area contributed by atoms with Gasteiger partial charge in [0.1, 0.15) is 6.29 Å². The first kappa shape index (κ1) is 5.81. The highest BCUT2D eigenvalue weighted by Gasteiger charge is 1.90. The van der Waals surface area contributed by atoms with Crippen LogP contribution in [0, 0.1) is 0 Å². The summed E-state index contributed by atoms with van der Waals surface area (Å²) in [4.78, 5) is 22.8. The normalized spacial score (nSPS) is 9.33. The third kappa shape index (κ3) is 1.07. The van der Waals surface area contributed by atoms with E-state index in [9.17, 15) is 9.59 Å². The lowest BCUT2D eigenvalue weighted by atomic mass is 10.7.